The minimum Gasteiger partial charge on any atom is -0.384 e. The van der Waals surface area contributed by atoms with Crippen LogP contribution in [0.1, 0.15) is 25.3 Å². The van der Waals surface area contributed by atoms with E-state index >= 15 is 0 Å². The molecule has 2 aromatic rings. The predicted octanol–water partition coefficient (Wildman–Crippen LogP) is 3.47. The van der Waals surface area contributed by atoms with Crippen molar-refractivity contribution >= 4 is 17.4 Å². The van der Waals surface area contributed by atoms with Crippen LogP contribution in [0.25, 0.3) is 0 Å². The van der Waals surface area contributed by atoms with Crippen LogP contribution in [0.4, 0.5) is 11.5 Å². The molecule has 1 aromatic heterocycles. The van der Waals surface area contributed by atoms with Crippen LogP contribution in [0.5, 0.6) is 0 Å². The van der Waals surface area contributed by atoms with E-state index in [9.17, 15) is 4.79 Å². The van der Waals surface area contributed by atoms with Gasteiger partial charge in [-0.25, -0.2) is 4.98 Å². The second kappa shape index (κ2) is 8.04. The van der Waals surface area contributed by atoms with Gasteiger partial charge in [-0.2, -0.15) is 0 Å². The SMILES string of the molecule is CCCNc1ccc(NC(=O)CCc2ccccc2)nc1. The zero-order chi connectivity index (χ0) is 14.9. The minimum atomic E-state index is -0.0133. The van der Waals surface area contributed by atoms with Gasteiger partial charge in [0.2, 0.25) is 5.91 Å². The molecule has 2 N–H and O–H groups in total. The number of carbonyl (C=O) groups excluding carboxylic acids is 1. The summed E-state index contributed by atoms with van der Waals surface area (Å²) in [5, 5.41) is 6.06. The summed E-state index contributed by atoms with van der Waals surface area (Å²) in [7, 11) is 0. The number of nitrogens with one attached hydrogen (secondary N) is 2. The Balaban J connectivity index is 1.79. The monoisotopic (exact) mass is 283 g/mol. The third-order valence-electron chi connectivity index (χ3n) is 3.09. The second-order valence-corrected chi connectivity index (χ2v) is 4.89. The molecule has 0 aliphatic heterocycles. The topological polar surface area (TPSA) is 54.0 Å². The minimum absolute atomic E-state index is 0.0133. The lowest BCUT2D eigenvalue weighted by Crippen LogP contribution is -2.13. The van der Waals surface area contributed by atoms with E-state index < -0.39 is 0 Å². The average molecular weight is 283 g/mol. The maximum Gasteiger partial charge on any atom is 0.225 e. The van der Waals surface area contributed by atoms with Gasteiger partial charge in [-0.1, -0.05) is 37.3 Å². The van der Waals surface area contributed by atoms with Crippen LogP contribution in [0.15, 0.2) is 48.7 Å². The molecule has 4 nitrogen and oxygen atoms in total. The zero-order valence-electron chi connectivity index (χ0n) is 12.3. The predicted molar refractivity (Wildman–Crippen MR) is 86.4 cm³/mol. The summed E-state index contributed by atoms with van der Waals surface area (Å²) in [5.74, 6) is 0.579. The first-order valence-electron chi connectivity index (χ1n) is 7.31. The summed E-state index contributed by atoms with van der Waals surface area (Å²) < 4.78 is 0. The van der Waals surface area contributed by atoms with Crippen LogP contribution in [0.2, 0.25) is 0 Å². The third kappa shape index (κ3) is 5.26. The Kier molecular flexibility index (Phi) is 5.76. The Hall–Kier alpha value is -2.36. The summed E-state index contributed by atoms with van der Waals surface area (Å²) >= 11 is 0. The average Bonchev–Trinajstić information content (AvgIpc) is 2.53. The van der Waals surface area contributed by atoms with Gasteiger partial charge in [-0.05, 0) is 30.5 Å². The molecule has 0 aliphatic carbocycles. The summed E-state index contributed by atoms with van der Waals surface area (Å²) in [4.78, 5) is 16.1. The van der Waals surface area contributed by atoms with Crippen LogP contribution in [0.3, 0.4) is 0 Å². The summed E-state index contributed by atoms with van der Waals surface area (Å²) in [6.45, 7) is 3.03. The molecule has 0 bridgehead atoms. The first-order valence-corrected chi connectivity index (χ1v) is 7.31. The molecule has 0 saturated carbocycles. The van der Waals surface area contributed by atoms with Crippen molar-refractivity contribution < 1.29 is 4.79 Å². The maximum atomic E-state index is 11.9. The molecule has 0 atom stereocenters. The number of benzene rings is 1. The lowest BCUT2D eigenvalue weighted by atomic mass is 10.1. The number of carbonyl (C=O) groups is 1. The molecule has 21 heavy (non-hydrogen) atoms. The van der Waals surface area contributed by atoms with Crippen molar-refractivity contribution in [2.75, 3.05) is 17.2 Å². The first kappa shape index (κ1) is 15.0. The standard InChI is InChI=1S/C17H21N3O/c1-2-12-18-15-9-10-16(19-13-15)20-17(21)11-8-14-6-4-3-5-7-14/h3-7,9-10,13,18H,2,8,11-12H2,1H3,(H,19,20,21). The normalized spacial score (nSPS) is 10.1. The smallest absolute Gasteiger partial charge is 0.225 e. The molecule has 0 aliphatic rings. The lowest BCUT2D eigenvalue weighted by Gasteiger charge is -2.07. The number of pyridine rings is 1. The fourth-order valence-electron chi connectivity index (χ4n) is 1.95. The van der Waals surface area contributed by atoms with E-state index in [1.54, 1.807) is 6.20 Å². The van der Waals surface area contributed by atoms with Crippen LogP contribution in [-0.2, 0) is 11.2 Å². The highest BCUT2D eigenvalue weighted by atomic mass is 16.1. The number of nitrogens with zero attached hydrogens (tertiary/aromatic N) is 1. The number of hydrogen-bond acceptors (Lipinski definition) is 3. The summed E-state index contributed by atoms with van der Waals surface area (Å²) in [5.41, 5.74) is 2.14. The highest BCUT2D eigenvalue weighted by Gasteiger charge is 2.04. The zero-order valence-corrected chi connectivity index (χ0v) is 12.3. The van der Waals surface area contributed by atoms with E-state index in [2.05, 4.69) is 22.5 Å². The van der Waals surface area contributed by atoms with Crippen molar-refractivity contribution in [2.24, 2.45) is 0 Å². The van der Waals surface area contributed by atoms with E-state index in [1.165, 1.54) is 5.56 Å². The van der Waals surface area contributed by atoms with Gasteiger partial charge in [-0.3, -0.25) is 4.79 Å². The van der Waals surface area contributed by atoms with Crippen molar-refractivity contribution in [3.05, 3.63) is 54.2 Å². The number of hydrogen-bond donors (Lipinski definition) is 2. The molecule has 0 radical (unpaired) electrons. The third-order valence-corrected chi connectivity index (χ3v) is 3.09. The van der Waals surface area contributed by atoms with E-state index in [0.717, 1.165) is 25.1 Å². The van der Waals surface area contributed by atoms with Gasteiger partial charge in [-0.15, -0.1) is 0 Å². The van der Waals surface area contributed by atoms with Crippen molar-refractivity contribution in [1.29, 1.82) is 0 Å². The molecular formula is C17H21N3O. The fraction of sp³-hybridized carbons (Fsp3) is 0.294. The molecule has 4 heteroatoms. The fourth-order valence-corrected chi connectivity index (χ4v) is 1.95. The molecule has 0 fully saturated rings. The second-order valence-electron chi connectivity index (χ2n) is 4.89. The molecule has 1 heterocycles. The Morgan fingerprint density at radius 1 is 1.14 bits per heavy atom. The number of amides is 1. The number of aromatic nitrogens is 1. The molecule has 1 amide bonds. The lowest BCUT2D eigenvalue weighted by molar-refractivity contribution is -0.116. The Morgan fingerprint density at radius 3 is 2.62 bits per heavy atom. The van der Waals surface area contributed by atoms with E-state index in [-0.39, 0.29) is 5.91 Å². The number of aryl methyl sites for hydroxylation is 1. The van der Waals surface area contributed by atoms with Gasteiger partial charge in [0.25, 0.3) is 0 Å². The van der Waals surface area contributed by atoms with Crippen LogP contribution in [-0.4, -0.2) is 17.4 Å². The molecule has 0 unspecified atom stereocenters. The quantitative estimate of drug-likeness (QED) is 0.818. The van der Waals surface area contributed by atoms with Crippen molar-refractivity contribution in [2.45, 2.75) is 26.2 Å². The number of rotatable bonds is 7. The Bertz CT molecular complexity index is 552. The number of anilines is 2. The van der Waals surface area contributed by atoms with Gasteiger partial charge in [0.05, 0.1) is 11.9 Å². The van der Waals surface area contributed by atoms with E-state index in [0.29, 0.717) is 12.2 Å². The molecular weight excluding hydrogens is 262 g/mol. The van der Waals surface area contributed by atoms with Crippen molar-refractivity contribution in [1.82, 2.24) is 4.98 Å². The van der Waals surface area contributed by atoms with Gasteiger partial charge in [0, 0.05) is 13.0 Å². The molecule has 2 rings (SSSR count). The van der Waals surface area contributed by atoms with Gasteiger partial charge < -0.3 is 10.6 Å². The van der Waals surface area contributed by atoms with Gasteiger partial charge in [0.1, 0.15) is 5.82 Å². The highest BCUT2D eigenvalue weighted by Crippen LogP contribution is 2.10. The molecule has 1 aromatic carbocycles. The molecule has 0 saturated heterocycles. The van der Waals surface area contributed by atoms with Crippen molar-refractivity contribution in [3.8, 4) is 0 Å². The first-order chi connectivity index (χ1) is 10.3. The Labute approximate surface area is 125 Å². The van der Waals surface area contributed by atoms with E-state index in [4.69, 9.17) is 0 Å². The summed E-state index contributed by atoms with van der Waals surface area (Å²) in [6, 6.07) is 13.7. The Morgan fingerprint density at radius 2 is 1.95 bits per heavy atom. The van der Waals surface area contributed by atoms with E-state index in [1.807, 2.05) is 42.5 Å². The largest absolute Gasteiger partial charge is 0.384 e. The van der Waals surface area contributed by atoms with Crippen LogP contribution >= 0.6 is 0 Å². The van der Waals surface area contributed by atoms with Gasteiger partial charge >= 0.3 is 0 Å². The van der Waals surface area contributed by atoms with Crippen LogP contribution < -0.4 is 10.6 Å². The molecule has 110 valence electrons. The van der Waals surface area contributed by atoms with Crippen LogP contribution in [0, 0.1) is 0 Å². The highest BCUT2D eigenvalue weighted by molar-refractivity contribution is 5.89. The van der Waals surface area contributed by atoms with Crippen molar-refractivity contribution in [3.63, 3.8) is 0 Å². The maximum absolute atomic E-state index is 11.9. The molecule has 0 spiro atoms. The summed E-state index contributed by atoms with van der Waals surface area (Å²) in [6.07, 6.45) is 4.00. The van der Waals surface area contributed by atoms with Gasteiger partial charge in [0.15, 0.2) is 0 Å².